The van der Waals surface area contributed by atoms with Crippen LogP contribution in [0.2, 0.25) is 0 Å². The highest BCUT2D eigenvalue weighted by Crippen LogP contribution is 2.43. The molecule has 1 saturated carbocycles. The lowest BCUT2D eigenvalue weighted by molar-refractivity contribution is -0.144. The van der Waals surface area contributed by atoms with Crippen molar-refractivity contribution in [2.24, 2.45) is 5.92 Å². The van der Waals surface area contributed by atoms with Crippen LogP contribution in [0.5, 0.6) is 0 Å². The van der Waals surface area contributed by atoms with Crippen molar-refractivity contribution in [3.05, 3.63) is 53.4 Å². The minimum Gasteiger partial charge on any atom is -0.360 e. The second-order valence-electron chi connectivity index (χ2n) is 6.59. The molecule has 3 atom stereocenters. The molecule has 130 valence electrons. The van der Waals surface area contributed by atoms with Gasteiger partial charge in [0, 0.05) is 24.8 Å². The second kappa shape index (κ2) is 7.13. The maximum atomic E-state index is 13.1. The van der Waals surface area contributed by atoms with Crippen molar-refractivity contribution >= 4 is 17.3 Å². The summed E-state index contributed by atoms with van der Waals surface area (Å²) in [6, 6.07) is 11.2. The van der Waals surface area contributed by atoms with Gasteiger partial charge in [-0.25, -0.2) is 0 Å². The topological polar surface area (TPSA) is 77.2 Å². The fraction of sp³-hybridized carbons (Fsp3) is 0.400. The average molecular weight is 339 g/mol. The summed E-state index contributed by atoms with van der Waals surface area (Å²) in [5.41, 5.74) is 1.56. The Balaban J connectivity index is 2.03. The Hall–Kier alpha value is -2.56. The number of carbonyl (C=O) groups excluding carboxylic acids is 3. The van der Waals surface area contributed by atoms with Gasteiger partial charge in [-0.2, -0.15) is 0 Å². The second-order valence-corrected chi connectivity index (χ2v) is 6.59. The predicted octanol–water partition coefficient (Wildman–Crippen LogP) is 3.38. The number of aromatic nitrogens is 1. The van der Waals surface area contributed by atoms with Gasteiger partial charge in [-0.1, -0.05) is 42.4 Å². The lowest BCUT2D eigenvalue weighted by Gasteiger charge is -2.32. The molecule has 0 radical (unpaired) electrons. The van der Waals surface area contributed by atoms with Crippen LogP contribution in [0, 0.1) is 12.8 Å². The number of hydrogen-bond donors (Lipinski definition) is 0. The highest BCUT2D eigenvalue weighted by molar-refractivity contribution is 6.22. The molecule has 5 heteroatoms. The van der Waals surface area contributed by atoms with Crippen molar-refractivity contribution in [2.45, 2.75) is 44.9 Å². The van der Waals surface area contributed by atoms with Gasteiger partial charge in [-0.05, 0) is 18.9 Å². The molecule has 1 aromatic carbocycles. The van der Waals surface area contributed by atoms with E-state index in [-0.39, 0.29) is 36.1 Å². The van der Waals surface area contributed by atoms with E-state index in [1.165, 1.54) is 0 Å². The van der Waals surface area contributed by atoms with Gasteiger partial charge in [0.2, 0.25) is 0 Å². The molecule has 5 nitrogen and oxygen atoms in total. The monoisotopic (exact) mass is 339 g/mol. The van der Waals surface area contributed by atoms with E-state index < -0.39 is 11.8 Å². The van der Waals surface area contributed by atoms with Gasteiger partial charge in [0.05, 0.1) is 11.6 Å². The first kappa shape index (κ1) is 17.3. The molecule has 0 saturated heterocycles. The zero-order chi connectivity index (χ0) is 18.0. The van der Waals surface area contributed by atoms with E-state index in [0.717, 1.165) is 5.56 Å². The van der Waals surface area contributed by atoms with Gasteiger partial charge in [-0.15, -0.1) is 0 Å². The summed E-state index contributed by atoms with van der Waals surface area (Å²) in [6.07, 6.45) is 1.00. The molecular formula is C20H21NO4. The minimum atomic E-state index is -1.17. The van der Waals surface area contributed by atoms with E-state index in [4.69, 9.17) is 4.52 Å². The van der Waals surface area contributed by atoms with Crippen molar-refractivity contribution < 1.29 is 18.9 Å². The third kappa shape index (κ3) is 3.31. The number of carbonyl (C=O) groups is 3. The van der Waals surface area contributed by atoms with Gasteiger partial charge in [0.25, 0.3) is 0 Å². The fourth-order valence-corrected chi connectivity index (χ4v) is 3.60. The Labute approximate surface area is 146 Å². The zero-order valence-corrected chi connectivity index (χ0v) is 14.4. The Kier molecular flexibility index (Phi) is 4.93. The summed E-state index contributed by atoms with van der Waals surface area (Å²) in [5, 5.41) is 3.88. The maximum absolute atomic E-state index is 13.1. The molecule has 0 N–H and O–H groups in total. The van der Waals surface area contributed by atoms with Crippen molar-refractivity contribution in [2.75, 3.05) is 0 Å². The molecular weight excluding hydrogens is 318 g/mol. The Bertz CT molecular complexity index is 793. The van der Waals surface area contributed by atoms with Gasteiger partial charge in [0.15, 0.2) is 17.3 Å². The van der Waals surface area contributed by atoms with Crippen molar-refractivity contribution in [1.29, 1.82) is 0 Å². The molecule has 1 fully saturated rings. The van der Waals surface area contributed by atoms with Crippen LogP contribution < -0.4 is 0 Å². The summed E-state index contributed by atoms with van der Waals surface area (Å²) in [7, 11) is 0. The number of hydrogen-bond acceptors (Lipinski definition) is 5. The number of nitrogens with zero attached hydrogens (tertiary/aromatic N) is 1. The van der Waals surface area contributed by atoms with Crippen LogP contribution in [-0.2, 0) is 14.4 Å². The molecule has 0 amide bonds. The molecule has 25 heavy (non-hydrogen) atoms. The van der Waals surface area contributed by atoms with Crippen molar-refractivity contribution in [3.8, 4) is 0 Å². The molecule has 1 heterocycles. The molecule has 0 spiro atoms. The third-order valence-corrected chi connectivity index (χ3v) is 4.74. The van der Waals surface area contributed by atoms with Gasteiger partial charge >= 0.3 is 0 Å². The molecule has 3 rings (SSSR count). The maximum Gasteiger partial charge on any atom is 0.162 e. The Morgan fingerprint density at radius 2 is 1.96 bits per heavy atom. The van der Waals surface area contributed by atoms with Crippen LogP contribution in [0.25, 0.3) is 0 Å². The molecule has 0 unspecified atom stereocenters. The first-order valence-corrected chi connectivity index (χ1v) is 8.60. The summed E-state index contributed by atoms with van der Waals surface area (Å²) >= 11 is 0. The first-order valence-electron chi connectivity index (χ1n) is 8.60. The highest BCUT2D eigenvalue weighted by atomic mass is 16.5. The largest absolute Gasteiger partial charge is 0.360 e. The lowest BCUT2D eigenvalue weighted by atomic mass is 9.67. The third-order valence-electron chi connectivity index (χ3n) is 4.74. The molecule has 1 aliphatic rings. The fourth-order valence-electron chi connectivity index (χ4n) is 3.60. The van der Waals surface area contributed by atoms with Crippen LogP contribution in [0.15, 0.2) is 40.9 Å². The summed E-state index contributed by atoms with van der Waals surface area (Å²) in [4.78, 5) is 38.1. The number of benzene rings is 1. The molecule has 0 aliphatic heterocycles. The summed E-state index contributed by atoms with van der Waals surface area (Å²) in [6.45, 7) is 3.64. The normalized spacial score (nSPS) is 23.7. The molecule has 1 aliphatic carbocycles. The standard InChI is InChI=1S/C20H21NO4/c1-3-7-15(22)19-16(23)11-14(13-8-5-4-6-9-13)18(20(19)24)17-10-12(2)21-25-17/h4-6,8-10,14,18-19H,3,7,11H2,1-2H3/t14-,18+,19+/m0/s1. The smallest absolute Gasteiger partial charge is 0.162 e. The first-order chi connectivity index (χ1) is 12.0. The highest BCUT2D eigenvalue weighted by Gasteiger charge is 2.48. The van der Waals surface area contributed by atoms with E-state index in [1.807, 2.05) is 37.3 Å². The number of rotatable bonds is 5. The Morgan fingerprint density at radius 3 is 2.56 bits per heavy atom. The van der Waals surface area contributed by atoms with Crippen LogP contribution in [-0.4, -0.2) is 22.5 Å². The van der Waals surface area contributed by atoms with Gasteiger partial charge < -0.3 is 4.52 Å². The number of Topliss-reactive ketones (excluding diaryl/α,β-unsaturated/α-hetero) is 3. The summed E-state index contributed by atoms with van der Waals surface area (Å²) < 4.78 is 5.36. The van der Waals surface area contributed by atoms with Crippen LogP contribution in [0.3, 0.4) is 0 Å². The minimum absolute atomic E-state index is 0.153. The molecule has 0 bridgehead atoms. The van der Waals surface area contributed by atoms with E-state index in [0.29, 0.717) is 17.9 Å². The van der Waals surface area contributed by atoms with E-state index >= 15 is 0 Å². The van der Waals surface area contributed by atoms with Crippen LogP contribution >= 0.6 is 0 Å². The van der Waals surface area contributed by atoms with Crippen molar-refractivity contribution in [1.82, 2.24) is 5.16 Å². The predicted molar refractivity (Wildman–Crippen MR) is 91.2 cm³/mol. The number of aryl methyl sites for hydroxylation is 1. The van der Waals surface area contributed by atoms with E-state index in [2.05, 4.69) is 5.16 Å². The number of ketones is 3. The lowest BCUT2D eigenvalue weighted by Crippen LogP contribution is -2.42. The zero-order valence-electron chi connectivity index (χ0n) is 14.4. The quantitative estimate of drug-likeness (QED) is 0.781. The SMILES string of the molecule is CCCC(=O)[C@@H]1C(=O)C[C@@H](c2ccccc2)[C@H](c2cc(C)no2)C1=O. The van der Waals surface area contributed by atoms with Crippen molar-refractivity contribution in [3.63, 3.8) is 0 Å². The van der Waals surface area contributed by atoms with E-state index in [9.17, 15) is 14.4 Å². The van der Waals surface area contributed by atoms with Crippen LogP contribution in [0.4, 0.5) is 0 Å². The molecule has 2 aromatic rings. The average Bonchev–Trinajstić information content (AvgIpc) is 3.01. The summed E-state index contributed by atoms with van der Waals surface area (Å²) in [5.74, 6) is -2.67. The Morgan fingerprint density at radius 1 is 1.24 bits per heavy atom. The molecule has 1 aromatic heterocycles. The van der Waals surface area contributed by atoms with Gasteiger partial charge in [0.1, 0.15) is 11.7 Å². The van der Waals surface area contributed by atoms with Crippen LogP contribution in [0.1, 0.15) is 55.0 Å². The van der Waals surface area contributed by atoms with E-state index in [1.54, 1.807) is 13.0 Å². The van der Waals surface area contributed by atoms with Gasteiger partial charge in [-0.3, -0.25) is 14.4 Å².